The minimum absolute atomic E-state index is 0.0781. The van der Waals surface area contributed by atoms with Crippen LogP contribution >= 0.6 is 11.6 Å². The van der Waals surface area contributed by atoms with Gasteiger partial charge in [0.1, 0.15) is 6.10 Å². The largest absolute Gasteiger partial charge is 0.384 e. The first-order valence-corrected chi connectivity index (χ1v) is 7.22. The van der Waals surface area contributed by atoms with Crippen molar-refractivity contribution in [3.05, 3.63) is 64.2 Å². The Balaban J connectivity index is 2.03. The number of amides is 1. The average Bonchev–Trinajstić information content (AvgIpc) is 2.71. The van der Waals surface area contributed by atoms with Gasteiger partial charge in [-0.25, -0.2) is 0 Å². The van der Waals surface area contributed by atoms with Gasteiger partial charge in [0.05, 0.1) is 5.92 Å². The molecule has 0 aromatic heterocycles. The topological polar surface area (TPSA) is 40.5 Å². The standard InChI is InChI=1S/C17H16ClNO2/c1-10-13-9-11(7-8-15(13)19(2)17(10)21)16(20)12-5-3-4-6-14(12)18/h3-10,16,20H,1-2H3. The van der Waals surface area contributed by atoms with Crippen molar-refractivity contribution in [1.29, 1.82) is 0 Å². The quantitative estimate of drug-likeness (QED) is 0.922. The van der Waals surface area contributed by atoms with Crippen molar-refractivity contribution < 1.29 is 9.90 Å². The maximum absolute atomic E-state index is 12.0. The fourth-order valence-corrected chi connectivity index (χ4v) is 3.05. The molecule has 2 aromatic carbocycles. The highest BCUT2D eigenvalue weighted by Gasteiger charge is 2.32. The summed E-state index contributed by atoms with van der Waals surface area (Å²) in [5, 5.41) is 11.1. The molecule has 1 heterocycles. The van der Waals surface area contributed by atoms with Gasteiger partial charge in [-0.1, -0.05) is 35.9 Å². The third-order valence-electron chi connectivity index (χ3n) is 4.10. The van der Waals surface area contributed by atoms with Gasteiger partial charge in [0.2, 0.25) is 5.91 Å². The molecule has 0 saturated carbocycles. The maximum atomic E-state index is 12.0. The molecule has 1 aliphatic rings. The Morgan fingerprint density at radius 2 is 1.95 bits per heavy atom. The summed E-state index contributed by atoms with van der Waals surface area (Å²) in [6.07, 6.45) is -0.794. The lowest BCUT2D eigenvalue weighted by Gasteiger charge is -2.15. The molecular formula is C17H16ClNO2. The molecule has 21 heavy (non-hydrogen) atoms. The number of aliphatic hydroxyl groups excluding tert-OH is 1. The number of carbonyl (C=O) groups excluding carboxylic acids is 1. The first-order valence-electron chi connectivity index (χ1n) is 6.84. The Hall–Kier alpha value is -1.84. The van der Waals surface area contributed by atoms with Crippen LogP contribution in [-0.4, -0.2) is 18.1 Å². The Morgan fingerprint density at radius 3 is 2.67 bits per heavy atom. The highest BCUT2D eigenvalue weighted by atomic mass is 35.5. The zero-order chi connectivity index (χ0) is 15.1. The number of rotatable bonds is 2. The minimum Gasteiger partial charge on any atom is -0.384 e. The number of aliphatic hydroxyl groups is 1. The van der Waals surface area contributed by atoms with E-state index in [0.717, 1.165) is 16.8 Å². The first kappa shape index (κ1) is 14.1. The number of nitrogens with zero attached hydrogens (tertiary/aromatic N) is 1. The molecule has 2 unspecified atom stereocenters. The molecule has 4 heteroatoms. The minimum atomic E-state index is -0.794. The molecule has 0 radical (unpaired) electrons. The van der Waals surface area contributed by atoms with E-state index in [1.54, 1.807) is 24.1 Å². The van der Waals surface area contributed by atoms with Crippen molar-refractivity contribution in [2.45, 2.75) is 18.9 Å². The Bertz CT molecular complexity index is 714. The van der Waals surface area contributed by atoms with E-state index in [1.165, 1.54) is 0 Å². The van der Waals surface area contributed by atoms with Crippen LogP contribution in [0.1, 0.15) is 35.6 Å². The molecule has 0 fully saturated rings. The van der Waals surface area contributed by atoms with Crippen LogP contribution in [0.25, 0.3) is 0 Å². The van der Waals surface area contributed by atoms with Gasteiger partial charge in [0.15, 0.2) is 0 Å². The van der Waals surface area contributed by atoms with Crippen LogP contribution in [0.3, 0.4) is 0 Å². The van der Waals surface area contributed by atoms with Gasteiger partial charge in [-0.3, -0.25) is 4.79 Å². The van der Waals surface area contributed by atoms with E-state index in [-0.39, 0.29) is 11.8 Å². The molecule has 3 nitrogen and oxygen atoms in total. The molecule has 0 saturated heterocycles. The van der Waals surface area contributed by atoms with Gasteiger partial charge in [-0.15, -0.1) is 0 Å². The van der Waals surface area contributed by atoms with Crippen LogP contribution in [0.15, 0.2) is 42.5 Å². The normalized spacial score (nSPS) is 18.8. The fraction of sp³-hybridized carbons (Fsp3) is 0.235. The molecule has 0 bridgehead atoms. The van der Waals surface area contributed by atoms with E-state index in [4.69, 9.17) is 11.6 Å². The SMILES string of the molecule is CC1C(=O)N(C)c2ccc(C(O)c3ccccc3Cl)cc21. The second kappa shape index (κ2) is 5.17. The summed E-state index contributed by atoms with van der Waals surface area (Å²) in [5.41, 5.74) is 3.27. The van der Waals surface area contributed by atoms with Crippen LogP contribution in [0.5, 0.6) is 0 Å². The number of carbonyl (C=O) groups is 1. The number of anilines is 1. The summed E-state index contributed by atoms with van der Waals surface area (Å²) in [6.45, 7) is 1.89. The molecule has 1 aliphatic heterocycles. The monoisotopic (exact) mass is 301 g/mol. The molecule has 3 rings (SSSR count). The highest BCUT2D eigenvalue weighted by molar-refractivity contribution is 6.31. The third-order valence-corrected chi connectivity index (χ3v) is 4.44. The number of hydrogen-bond acceptors (Lipinski definition) is 2. The fourth-order valence-electron chi connectivity index (χ4n) is 2.81. The summed E-state index contributed by atoms with van der Waals surface area (Å²) in [7, 11) is 1.77. The molecule has 0 aliphatic carbocycles. The molecule has 1 N–H and O–H groups in total. The molecule has 0 spiro atoms. The lowest BCUT2D eigenvalue weighted by Crippen LogP contribution is -2.22. The van der Waals surface area contributed by atoms with Crippen molar-refractivity contribution in [3.63, 3.8) is 0 Å². The summed E-state index contributed by atoms with van der Waals surface area (Å²) in [6, 6.07) is 12.9. The van der Waals surface area contributed by atoms with E-state index in [9.17, 15) is 9.90 Å². The van der Waals surface area contributed by atoms with Crippen LogP contribution in [0, 0.1) is 0 Å². The molecule has 2 aromatic rings. The Labute approximate surface area is 128 Å². The third kappa shape index (κ3) is 2.23. The van der Waals surface area contributed by atoms with Gasteiger partial charge >= 0.3 is 0 Å². The van der Waals surface area contributed by atoms with Gasteiger partial charge in [0, 0.05) is 23.3 Å². The lowest BCUT2D eigenvalue weighted by molar-refractivity contribution is -0.118. The highest BCUT2D eigenvalue weighted by Crippen LogP contribution is 2.39. The van der Waals surface area contributed by atoms with Crippen molar-refractivity contribution in [2.24, 2.45) is 0 Å². The predicted molar refractivity (Wildman–Crippen MR) is 83.8 cm³/mol. The summed E-state index contributed by atoms with van der Waals surface area (Å²) >= 11 is 6.14. The van der Waals surface area contributed by atoms with Gasteiger partial charge in [0.25, 0.3) is 0 Å². The van der Waals surface area contributed by atoms with E-state index in [2.05, 4.69) is 0 Å². The number of halogens is 1. The summed E-state index contributed by atoms with van der Waals surface area (Å²) in [5.74, 6) is -0.0993. The van der Waals surface area contributed by atoms with Crippen LogP contribution in [0.2, 0.25) is 5.02 Å². The van der Waals surface area contributed by atoms with Gasteiger partial charge < -0.3 is 10.0 Å². The van der Waals surface area contributed by atoms with Crippen molar-refractivity contribution in [3.8, 4) is 0 Å². The van der Waals surface area contributed by atoms with Crippen LogP contribution in [0.4, 0.5) is 5.69 Å². The number of likely N-dealkylation sites (N-methyl/N-ethyl adjacent to an activating group) is 1. The van der Waals surface area contributed by atoms with Crippen molar-refractivity contribution >= 4 is 23.2 Å². The number of hydrogen-bond donors (Lipinski definition) is 1. The van der Waals surface area contributed by atoms with Gasteiger partial charge in [-0.2, -0.15) is 0 Å². The Kier molecular flexibility index (Phi) is 3.47. The van der Waals surface area contributed by atoms with Crippen molar-refractivity contribution in [2.75, 3.05) is 11.9 Å². The Morgan fingerprint density at radius 1 is 1.24 bits per heavy atom. The molecular weight excluding hydrogens is 286 g/mol. The van der Waals surface area contributed by atoms with Crippen LogP contribution < -0.4 is 4.90 Å². The number of fused-ring (bicyclic) bond motifs is 1. The molecule has 108 valence electrons. The zero-order valence-electron chi connectivity index (χ0n) is 11.9. The zero-order valence-corrected chi connectivity index (χ0v) is 12.6. The summed E-state index contributed by atoms with van der Waals surface area (Å²) in [4.78, 5) is 13.7. The first-order chi connectivity index (χ1) is 10.0. The van der Waals surface area contributed by atoms with Crippen molar-refractivity contribution in [1.82, 2.24) is 0 Å². The van der Waals surface area contributed by atoms with E-state index in [1.807, 2.05) is 37.3 Å². The van der Waals surface area contributed by atoms with Crippen LogP contribution in [-0.2, 0) is 4.79 Å². The predicted octanol–water partition coefficient (Wildman–Crippen LogP) is 3.50. The van der Waals surface area contributed by atoms with Gasteiger partial charge in [-0.05, 0) is 36.2 Å². The van der Waals surface area contributed by atoms with E-state index in [0.29, 0.717) is 10.6 Å². The second-order valence-electron chi connectivity index (χ2n) is 5.36. The lowest BCUT2D eigenvalue weighted by atomic mass is 9.95. The van der Waals surface area contributed by atoms with E-state index < -0.39 is 6.10 Å². The maximum Gasteiger partial charge on any atom is 0.234 e. The number of benzene rings is 2. The van der Waals surface area contributed by atoms with E-state index >= 15 is 0 Å². The average molecular weight is 302 g/mol. The summed E-state index contributed by atoms with van der Waals surface area (Å²) < 4.78 is 0. The smallest absolute Gasteiger partial charge is 0.234 e. The second-order valence-corrected chi connectivity index (χ2v) is 5.77. The molecule has 2 atom stereocenters. The molecule has 1 amide bonds.